The molecule has 1 saturated carbocycles. The van der Waals surface area contributed by atoms with Gasteiger partial charge in [0, 0.05) is 12.6 Å². The molecule has 7 heteroatoms. The van der Waals surface area contributed by atoms with Crippen LogP contribution in [0.2, 0.25) is 0 Å². The number of hydrogen-bond acceptors (Lipinski definition) is 6. The topological polar surface area (TPSA) is 93.7 Å². The third-order valence-corrected chi connectivity index (χ3v) is 4.30. The maximum atomic E-state index is 6.06. The number of nitrogens with two attached hydrogens (primary N) is 1. The lowest BCUT2D eigenvalue weighted by molar-refractivity contribution is 0.443. The molecule has 106 valence electrons. The second-order valence-corrected chi connectivity index (χ2v) is 5.66. The van der Waals surface area contributed by atoms with Gasteiger partial charge < -0.3 is 16.4 Å². The SMILES string of the molecule is Nc1nc2cnc(NC3CCC3)nc2n1C1CCNC1. The Morgan fingerprint density at radius 3 is 2.90 bits per heavy atom. The zero-order chi connectivity index (χ0) is 13.5. The minimum Gasteiger partial charge on any atom is -0.369 e. The normalized spacial score (nSPS) is 23.1. The van der Waals surface area contributed by atoms with Crippen LogP contribution >= 0.6 is 0 Å². The first-order valence-corrected chi connectivity index (χ1v) is 7.29. The Hall–Kier alpha value is -1.89. The highest BCUT2D eigenvalue weighted by Crippen LogP contribution is 2.26. The molecule has 2 aromatic heterocycles. The van der Waals surface area contributed by atoms with Crippen molar-refractivity contribution in [3.8, 4) is 0 Å². The van der Waals surface area contributed by atoms with Crippen LogP contribution in [0.4, 0.5) is 11.9 Å². The van der Waals surface area contributed by atoms with E-state index in [0.717, 1.165) is 30.7 Å². The van der Waals surface area contributed by atoms with Crippen molar-refractivity contribution in [3.05, 3.63) is 6.20 Å². The van der Waals surface area contributed by atoms with Gasteiger partial charge >= 0.3 is 0 Å². The fraction of sp³-hybridized carbons (Fsp3) is 0.615. The molecule has 2 aromatic rings. The van der Waals surface area contributed by atoms with E-state index in [-0.39, 0.29) is 0 Å². The summed E-state index contributed by atoms with van der Waals surface area (Å²) in [4.78, 5) is 13.3. The monoisotopic (exact) mass is 273 g/mol. The van der Waals surface area contributed by atoms with Gasteiger partial charge in [-0.1, -0.05) is 0 Å². The molecule has 20 heavy (non-hydrogen) atoms. The number of anilines is 2. The van der Waals surface area contributed by atoms with Crippen LogP contribution in [-0.4, -0.2) is 38.7 Å². The molecular formula is C13H19N7. The lowest BCUT2D eigenvalue weighted by atomic mass is 9.93. The first-order chi connectivity index (χ1) is 9.81. The van der Waals surface area contributed by atoms with Crippen molar-refractivity contribution in [2.45, 2.75) is 37.8 Å². The molecule has 0 aromatic carbocycles. The van der Waals surface area contributed by atoms with Crippen molar-refractivity contribution < 1.29 is 0 Å². The van der Waals surface area contributed by atoms with Crippen LogP contribution in [0.15, 0.2) is 6.20 Å². The number of nitrogens with one attached hydrogen (secondary N) is 2. The number of rotatable bonds is 3. The summed E-state index contributed by atoms with van der Waals surface area (Å²) in [6, 6.07) is 0.862. The quantitative estimate of drug-likeness (QED) is 0.769. The minimum atomic E-state index is 0.339. The number of aromatic nitrogens is 4. The van der Waals surface area contributed by atoms with Crippen molar-refractivity contribution >= 4 is 23.1 Å². The van der Waals surface area contributed by atoms with Crippen molar-refractivity contribution in [3.63, 3.8) is 0 Å². The number of nitrogen functional groups attached to an aromatic ring is 1. The molecule has 4 rings (SSSR count). The Labute approximate surface area is 117 Å². The third kappa shape index (κ3) is 1.89. The van der Waals surface area contributed by atoms with Gasteiger partial charge in [0.25, 0.3) is 0 Å². The van der Waals surface area contributed by atoms with Gasteiger partial charge in [0.1, 0.15) is 5.52 Å². The molecule has 1 aliphatic heterocycles. The molecule has 0 spiro atoms. The Bertz CT molecular complexity index is 625. The number of fused-ring (bicyclic) bond motifs is 1. The predicted molar refractivity (Wildman–Crippen MR) is 77.5 cm³/mol. The summed E-state index contributed by atoms with van der Waals surface area (Å²) >= 11 is 0. The van der Waals surface area contributed by atoms with E-state index in [9.17, 15) is 0 Å². The van der Waals surface area contributed by atoms with Crippen LogP contribution < -0.4 is 16.4 Å². The van der Waals surface area contributed by atoms with Crippen molar-refractivity contribution in [2.75, 3.05) is 24.1 Å². The molecule has 3 heterocycles. The smallest absolute Gasteiger partial charge is 0.224 e. The van der Waals surface area contributed by atoms with Gasteiger partial charge in [-0.3, -0.25) is 4.57 Å². The van der Waals surface area contributed by atoms with E-state index in [1.807, 2.05) is 4.57 Å². The fourth-order valence-corrected chi connectivity index (χ4v) is 2.93. The molecule has 2 fully saturated rings. The van der Waals surface area contributed by atoms with Gasteiger partial charge in [-0.2, -0.15) is 4.98 Å². The second kappa shape index (κ2) is 4.59. The maximum absolute atomic E-state index is 6.06. The molecule has 7 nitrogen and oxygen atoms in total. The summed E-state index contributed by atoms with van der Waals surface area (Å²) < 4.78 is 2.04. The molecule has 1 aliphatic carbocycles. The van der Waals surface area contributed by atoms with Gasteiger partial charge in [-0.05, 0) is 32.2 Å². The van der Waals surface area contributed by atoms with Crippen molar-refractivity contribution in [1.29, 1.82) is 0 Å². The Morgan fingerprint density at radius 2 is 2.20 bits per heavy atom. The van der Waals surface area contributed by atoms with Crippen LogP contribution in [-0.2, 0) is 0 Å². The average Bonchev–Trinajstić information content (AvgIpc) is 2.99. The summed E-state index contributed by atoms with van der Waals surface area (Å²) in [6.45, 7) is 1.94. The lowest BCUT2D eigenvalue weighted by Crippen LogP contribution is -2.28. The summed E-state index contributed by atoms with van der Waals surface area (Å²) in [6.07, 6.45) is 6.52. The van der Waals surface area contributed by atoms with Crippen LogP contribution in [0.1, 0.15) is 31.7 Å². The summed E-state index contributed by atoms with van der Waals surface area (Å²) in [5, 5.41) is 6.73. The lowest BCUT2D eigenvalue weighted by Gasteiger charge is -2.26. The van der Waals surface area contributed by atoms with E-state index in [0.29, 0.717) is 24.0 Å². The van der Waals surface area contributed by atoms with E-state index in [4.69, 9.17) is 5.73 Å². The van der Waals surface area contributed by atoms with Crippen LogP contribution in [0.5, 0.6) is 0 Å². The first kappa shape index (κ1) is 11.9. The second-order valence-electron chi connectivity index (χ2n) is 5.66. The highest BCUT2D eigenvalue weighted by atomic mass is 15.3. The van der Waals surface area contributed by atoms with E-state index in [1.54, 1.807) is 6.20 Å². The molecular weight excluding hydrogens is 254 g/mol. The molecule has 1 atom stereocenters. The Balaban J connectivity index is 1.72. The summed E-state index contributed by atoms with van der Waals surface area (Å²) in [5.41, 5.74) is 7.67. The predicted octanol–water partition coefficient (Wildman–Crippen LogP) is 0.907. The molecule has 4 N–H and O–H groups in total. The van der Waals surface area contributed by atoms with E-state index in [2.05, 4.69) is 25.6 Å². The van der Waals surface area contributed by atoms with Crippen LogP contribution in [0, 0.1) is 0 Å². The molecule has 2 aliphatic rings. The highest BCUT2D eigenvalue weighted by molar-refractivity contribution is 5.74. The van der Waals surface area contributed by atoms with Crippen molar-refractivity contribution in [2.24, 2.45) is 0 Å². The van der Waals surface area contributed by atoms with Gasteiger partial charge in [-0.15, -0.1) is 0 Å². The largest absolute Gasteiger partial charge is 0.369 e. The van der Waals surface area contributed by atoms with Gasteiger partial charge in [0.2, 0.25) is 11.9 Å². The van der Waals surface area contributed by atoms with Crippen molar-refractivity contribution in [1.82, 2.24) is 24.8 Å². The zero-order valence-corrected chi connectivity index (χ0v) is 11.3. The standard InChI is InChI=1S/C13H19N7/c14-12-18-10-7-16-13(17-8-2-1-3-8)19-11(10)20(12)9-4-5-15-6-9/h7-9,15H,1-6H2,(H2,14,18)(H,16,17,19). The molecule has 0 amide bonds. The maximum Gasteiger partial charge on any atom is 0.224 e. The van der Waals surface area contributed by atoms with Gasteiger partial charge in [-0.25, -0.2) is 9.97 Å². The Kier molecular flexibility index (Phi) is 2.73. The average molecular weight is 273 g/mol. The van der Waals surface area contributed by atoms with Gasteiger partial charge in [0.15, 0.2) is 5.65 Å². The molecule has 1 unspecified atom stereocenters. The summed E-state index contributed by atoms with van der Waals surface area (Å²) in [5.74, 6) is 1.22. The van der Waals surface area contributed by atoms with E-state index >= 15 is 0 Å². The van der Waals surface area contributed by atoms with E-state index in [1.165, 1.54) is 19.3 Å². The number of imidazole rings is 1. The minimum absolute atomic E-state index is 0.339. The fourth-order valence-electron chi connectivity index (χ4n) is 2.93. The number of hydrogen-bond donors (Lipinski definition) is 3. The zero-order valence-electron chi connectivity index (χ0n) is 11.3. The Morgan fingerprint density at radius 1 is 1.30 bits per heavy atom. The first-order valence-electron chi connectivity index (χ1n) is 7.29. The van der Waals surface area contributed by atoms with E-state index < -0.39 is 0 Å². The van der Waals surface area contributed by atoms with Crippen LogP contribution in [0.3, 0.4) is 0 Å². The summed E-state index contributed by atoms with van der Waals surface area (Å²) in [7, 11) is 0. The molecule has 1 saturated heterocycles. The van der Waals surface area contributed by atoms with Crippen LogP contribution in [0.25, 0.3) is 11.2 Å². The number of nitrogens with zero attached hydrogens (tertiary/aromatic N) is 4. The highest BCUT2D eigenvalue weighted by Gasteiger charge is 2.23. The third-order valence-electron chi connectivity index (χ3n) is 4.30. The molecule has 0 bridgehead atoms. The van der Waals surface area contributed by atoms with Gasteiger partial charge in [0.05, 0.1) is 12.2 Å². The molecule has 0 radical (unpaired) electrons.